The van der Waals surface area contributed by atoms with Gasteiger partial charge >= 0.3 is 0 Å². The number of aromatic nitrogens is 4. The molecule has 0 saturated heterocycles. The average Bonchev–Trinajstić information content (AvgIpc) is 3.02. The van der Waals surface area contributed by atoms with Gasteiger partial charge in [0.1, 0.15) is 17.3 Å². The summed E-state index contributed by atoms with van der Waals surface area (Å²) in [5.41, 5.74) is 8.24. The minimum Gasteiger partial charge on any atom is -0.383 e. The van der Waals surface area contributed by atoms with Crippen molar-refractivity contribution in [1.82, 2.24) is 19.3 Å². The first-order valence-electron chi connectivity index (χ1n) is 7.14. The maximum Gasteiger partial charge on any atom is 0.132 e. The van der Waals surface area contributed by atoms with Gasteiger partial charge in [-0.05, 0) is 26.2 Å². The summed E-state index contributed by atoms with van der Waals surface area (Å²) in [5, 5.41) is 4.31. The Morgan fingerprint density at radius 1 is 1.37 bits per heavy atom. The fraction of sp³-hybridized carbons (Fsp3) is 0.571. The normalized spacial score (nSPS) is 15.1. The van der Waals surface area contributed by atoms with Crippen molar-refractivity contribution in [1.29, 1.82) is 0 Å². The van der Waals surface area contributed by atoms with Crippen LogP contribution in [0.2, 0.25) is 0 Å². The molecule has 1 fully saturated rings. The zero-order valence-corrected chi connectivity index (χ0v) is 11.6. The van der Waals surface area contributed by atoms with E-state index in [1.165, 1.54) is 12.8 Å². The van der Waals surface area contributed by atoms with Gasteiger partial charge in [0.25, 0.3) is 0 Å². The molecule has 0 bridgehead atoms. The van der Waals surface area contributed by atoms with E-state index in [0.29, 0.717) is 6.04 Å². The van der Waals surface area contributed by atoms with Gasteiger partial charge in [-0.2, -0.15) is 5.10 Å². The zero-order valence-electron chi connectivity index (χ0n) is 11.6. The Balaban J connectivity index is 2.03. The number of nitrogen functional groups attached to an aromatic ring is 1. The molecule has 102 valence electrons. The van der Waals surface area contributed by atoms with E-state index in [1.54, 1.807) is 0 Å². The second-order valence-corrected chi connectivity index (χ2v) is 5.20. The van der Waals surface area contributed by atoms with Gasteiger partial charge in [-0.1, -0.05) is 6.92 Å². The number of nitrogens with two attached hydrogens (primary N) is 1. The molecule has 2 heterocycles. The van der Waals surface area contributed by atoms with Crippen LogP contribution in [-0.4, -0.2) is 19.3 Å². The molecule has 0 unspecified atom stereocenters. The Bertz CT molecular complexity index is 577. The average molecular weight is 259 g/mol. The molecular weight excluding hydrogens is 238 g/mol. The van der Waals surface area contributed by atoms with Gasteiger partial charge in [-0.15, -0.1) is 0 Å². The van der Waals surface area contributed by atoms with Crippen molar-refractivity contribution in [3.05, 3.63) is 18.2 Å². The molecule has 0 aliphatic heterocycles. The number of hydrogen-bond acceptors (Lipinski definition) is 3. The third-order valence-corrected chi connectivity index (χ3v) is 3.64. The monoisotopic (exact) mass is 259 g/mol. The predicted octanol–water partition coefficient (Wildman–Crippen LogP) is 2.64. The van der Waals surface area contributed by atoms with Crippen LogP contribution in [0.3, 0.4) is 0 Å². The van der Waals surface area contributed by atoms with Crippen LogP contribution >= 0.6 is 0 Å². The van der Waals surface area contributed by atoms with Crippen LogP contribution < -0.4 is 5.73 Å². The molecule has 3 rings (SSSR count). The molecule has 19 heavy (non-hydrogen) atoms. The fourth-order valence-electron chi connectivity index (χ4n) is 2.50. The van der Waals surface area contributed by atoms with Crippen molar-refractivity contribution >= 4 is 5.82 Å². The Kier molecular flexibility index (Phi) is 3.05. The van der Waals surface area contributed by atoms with Gasteiger partial charge in [-0.25, -0.2) is 4.98 Å². The van der Waals surface area contributed by atoms with E-state index in [2.05, 4.69) is 23.5 Å². The number of hydrogen-bond donors (Lipinski definition) is 1. The maximum absolute atomic E-state index is 6.32. The molecule has 2 N–H and O–H groups in total. The van der Waals surface area contributed by atoms with Crippen LogP contribution in [0.15, 0.2) is 12.4 Å². The van der Waals surface area contributed by atoms with Gasteiger partial charge in [0.05, 0.1) is 6.20 Å². The lowest BCUT2D eigenvalue weighted by atomic mass is 10.2. The van der Waals surface area contributed by atoms with E-state index in [1.807, 2.05) is 17.1 Å². The summed E-state index contributed by atoms with van der Waals surface area (Å²) in [6.45, 7) is 5.12. The highest BCUT2D eigenvalue weighted by molar-refractivity contribution is 5.70. The van der Waals surface area contributed by atoms with Crippen molar-refractivity contribution in [2.45, 2.75) is 52.1 Å². The molecule has 1 saturated carbocycles. The number of imidazole rings is 1. The molecule has 5 heteroatoms. The lowest BCUT2D eigenvalue weighted by molar-refractivity contribution is 0.660. The van der Waals surface area contributed by atoms with Crippen molar-refractivity contribution in [3.63, 3.8) is 0 Å². The quantitative estimate of drug-likeness (QED) is 0.897. The first kappa shape index (κ1) is 12.3. The molecular formula is C14H21N5. The molecule has 2 aromatic rings. The second-order valence-electron chi connectivity index (χ2n) is 5.20. The Morgan fingerprint density at radius 3 is 2.74 bits per heavy atom. The third kappa shape index (κ3) is 2.13. The van der Waals surface area contributed by atoms with E-state index in [0.717, 1.165) is 42.3 Å². The predicted molar refractivity (Wildman–Crippen MR) is 75.8 cm³/mol. The summed E-state index contributed by atoms with van der Waals surface area (Å²) in [7, 11) is 0. The van der Waals surface area contributed by atoms with Crippen molar-refractivity contribution in [3.8, 4) is 11.3 Å². The van der Waals surface area contributed by atoms with Gasteiger partial charge in [0, 0.05) is 30.8 Å². The van der Waals surface area contributed by atoms with E-state index in [9.17, 15) is 0 Å². The lowest BCUT2D eigenvalue weighted by Gasteiger charge is -2.06. The van der Waals surface area contributed by atoms with Crippen LogP contribution in [0.5, 0.6) is 0 Å². The smallest absolute Gasteiger partial charge is 0.132 e. The van der Waals surface area contributed by atoms with Crippen molar-refractivity contribution in [2.24, 2.45) is 0 Å². The van der Waals surface area contributed by atoms with Crippen LogP contribution in [-0.2, 0) is 13.0 Å². The number of aryl methyl sites for hydroxylation is 2. The van der Waals surface area contributed by atoms with Crippen LogP contribution in [0.1, 0.15) is 45.0 Å². The van der Waals surface area contributed by atoms with E-state index in [-0.39, 0.29) is 0 Å². The Hall–Kier alpha value is -1.78. The number of rotatable bonds is 5. The summed E-state index contributed by atoms with van der Waals surface area (Å²) in [4.78, 5) is 4.76. The molecule has 0 amide bonds. The summed E-state index contributed by atoms with van der Waals surface area (Å²) in [6, 6.07) is 0.573. The van der Waals surface area contributed by atoms with E-state index >= 15 is 0 Å². The molecule has 2 aromatic heterocycles. The molecule has 0 atom stereocenters. The van der Waals surface area contributed by atoms with Crippen molar-refractivity contribution in [2.75, 3.05) is 5.73 Å². The Morgan fingerprint density at radius 2 is 2.16 bits per heavy atom. The maximum atomic E-state index is 6.32. The SMILES string of the molecule is CCCc1nc(-c2cnn(CC)c2)c(N)n1C1CC1. The minimum absolute atomic E-state index is 0.573. The highest BCUT2D eigenvalue weighted by Gasteiger charge is 2.29. The zero-order chi connectivity index (χ0) is 13.4. The summed E-state index contributed by atoms with van der Waals surface area (Å²) in [6.07, 6.45) is 8.41. The van der Waals surface area contributed by atoms with E-state index in [4.69, 9.17) is 10.7 Å². The first-order chi connectivity index (χ1) is 9.24. The molecule has 1 aliphatic carbocycles. The van der Waals surface area contributed by atoms with Crippen LogP contribution in [0.4, 0.5) is 5.82 Å². The highest BCUT2D eigenvalue weighted by Crippen LogP contribution is 2.41. The summed E-state index contributed by atoms with van der Waals surface area (Å²) in [5.74, 6) is 1.93. The fourth-order valence-corrected chi connectivity index (χ4v) is 2.50. The number of anilines is 1. The lowest BCUT2D eigenvalue weighted by Crippen LogP contribution is -2.05. The molecule has 0 spiro atoms. The van der Waals surface area contributed by atoms with Gasteiger partial charge in [0.15, 0.2) is 0 Å². The van der Waals surface area contributed by atoms with E-state index < -0.39 is 0 Å². The van der Waals surface area contributed by atoms with Gasteiger partial charge < -0.3 is 10.3 Å². The van der Waals surface area contributed by atoms with Crippen LogP contribution in [0, 0.1) is 0 Å². The van der Waals surface area contributed by atoms with Crippen LogP contribution in [0.25, 0.3) is 11.3 Å². The largest absolute Gasteiger partial charge is 0.383 e. The number of nitrogens with zero attached hydrogens (tertiary/aromatic N) is 4. The summed E-state index contributed by atoms with van der Waals surface area (Å²) < 4.78 is 4.15. The van der Waals surface area contributed by atoms with Crippen molar-refractivity contribution < 1.29 is 0 Å². The molecule has 0 aromatic carbocycles. The third-order valence-electron chi connectivity index (χ3n) is 3.64. The highest BCUT2D eigenvalue weighted by atomic mass is 15.3. The molecule has 0 radical (unpaired) electrons. The molecule has 1 aliphatic rings. The molecule has 5 nitrogen and oxygen atoms in total. The van der Waals surface area contributed by atoms with Gasteiger partial charge in [-0.3, -0.25) is 4.68 Å². The first-order valence-corrected chi connectivity index (χ1v) is 7.14. The second kappa shape index (κ2) is 4.72. The summed E-state index contributed by atoms with van der Waals surface area (Å²) >= 11 is 0. The topological polar surface area (TPSA) is 61.7 Å². The Labute approximate surface area is 113 Å². The van der Waals surface area contributed by atoms with Gasteiger partial charge in [0.2, 0.25) is 0 Å². The minimum atomic E-state index is 0.573. The standard InChI is InChI=1S/C14H21N5/c1-3-5-12-17-13(10-8-16-18(4-2)9-10)14(15)19(12)11-6-7-11/h8-9,11H,3-7,15H2,1-2H3.